The molecule has 1 heterocycles. The minimum absolute atomic E-state index is 0.0457. The summed E-state index contributed by atoms with van der Waals surface area (Å²) in [6.07, 6.45) is 13.2. The first-order valence-corrected chi connectivity index (χ1v) is 11.9. The van der Waals surface area contributed by atoms with Gasteiger partial charge in [-0.25, -0.2) is 0 Å². The van der Waals surface area contributed by atoms with E-state index in [9.17, 15) is 10.5 Å². The fraction of sp³-hybridized carbons (Fsp3) is 0.500. The van der Waals surface area contributed by atoms with Crippen LogP contribution in [0, 0.1) is 28.1 Å². The number of unbranched alkanes of at least 4 members (excludes halogenated alkanes) is 1. The van der Waals surface area contributed by atoms with Crippen LogP contribution in [0.2, 0.25) is 0 Å². The van der Waals surface area contributed by atoms with E-state index >= 15 is 0 Å². The fourth-order valence-corrected chi connectivity index (χ4v) is 4.76. The summed E-state index contributed by atoms with van der Waals surface area (Å²) in [6, 6.07) is 12.8. The van der Waals surface area contributed by atoms with Gasteiger partial charge in [0.2, 0.25) is 0 Å². The van der Waals surface area contributed by atoms with Crippen LogP contribution in [0.4, 0.5) is 5.69 Å². The molecule has 2 aliphatic rings. The summed E-state index contributed by atoms with van der Waals surface area (Å²) in [6.45, 7) is 9.28. The van der Waals surface area contributed by atoms with Gasteiger partial charge in [-0.1, -0.05) is 44.2 Å². The molecule has 3 rings (SSSR count). The Hall–Kier alpha value is -2.82. The molecule has 0 unspecified atom stereocenters. The number of rotatable bonds is 8. The van der Waals surface area contributed by atoms with E-state index in [4.69, 9.17) is 0 Å². The Labute approximate surface area is 194 Å². The van der Waals surface area contributed by atoms with Crippen molar-refractivity contribution in [2.24, 2.45) is 5.41 Å². The highest BCUT2D eigenvalue weighted by molar-refractivity contribution is 5.59. The maximum absolute atomic E-state index is 9.25. The predicted octanol–water partition coefficient (Wildman–Crippen LogP) is 6.10. The molecule has 1 aromatic carbocycles. The highest BCUT2D eigenvalue weighted by Crippen LogP contribution is 2.39. The van der Waals surface area contributed by atoms with E-state index in [1.165, 1.54) is 56.6 Å². The van der Waals surface area contributed by atoms with Crippen LogP contribution in [0.3, 0.4) is 0 Å². The molecule has 1 aliphatic carbocycles. The molecular weight excluding hydrogens is 392 g/mol. The van der Waals surface area contributed by atoms with Crippen LogP contribution in [0.1, 0.15) is 57.9 Å². The van der Waals surface area contributed by atoms with Crippen LogP contribution < -0.4 is 4.90 Å². The summed E-state index contributed by atoms with van der Waals surface area (Å²) in [5.41, 5.74) is 4.71. The minimum Gasteiger partial charge on any atom is -0.375 e. The van der Waals surface area contributed by atoms with Gasteiger partial charge in [-0.05, 0) is 92.4 Å². The molecule has 1 saturated heterocycles. The molecule has 0 atom stereocenters. The average Bonchev–Trinajstić information content (AvgIpc) is 3.29. The lowest BCUT2D eigenvalue weighted by Gasteiger charge is -2.30. The topological polar surface area (TPSA) is 54.1 Å². The summed E-state index contributed by atoms with van der Waals surface area (Å²) in [5.74, 6) is 0. The second-order valence-electron chi connectivity index (χ2n) is 9.96. The van der Waals surface area contributed by atoms with Gasteiger partial charge in [-0.3, -0.25) is 0 Å². The molecule has 0 radical (unpaired) electrons. The highest BCUT2D eigenvalue weighted by atomic mass is 15.1. The maximum Gasteiger partial charge on any atom is 0.132 e. The lowest BCUT2D eigenvalue weighted by atomic mass is 9.74. The molecule has 0 amide bonds. The highest BCUT2D eigenvalue weighted by Gasteiger charge is 2.26. The largest absolute Gasteiger partial charge is 0.375 e. The zero-order valence-corrected chi connectivity index (χ0v) is 19.9. The summed E-state index contributed by atoms with van der Waals surface area (Å²) < 4.78 is 0. The van der Waals surface area contributed by atoms with E-state index < -0.39 is 0 Å². The van der Waals surface area contributed by atoms with Gasteiger partial charge < -0.3 is 9.80 Å². The van der Waals surface area contributed by atoms with E-state index in [1.807, 2.05) is 18.2 Å². The Bertz CT molecular complexity index is 929. The summed E-state index contributed by atoms with van der Waals surface area (Å²) in [4.78, 5) is 4.93. The SMILES string of the molecule is CN(CCCCN1CCCC1)c1ccc(/C=C/C2=CC(=C(C#N)C#N)CC(C)(C)C2)cc1. The predicted molar refractivity (Wildman–Crippen MR) is 133 cm³/mol. The lowest BCUT2D eigenvalue weighted by Crippen LogP contribution is -2.23. The molecular formula is C28H36N4. The number of hydrogen-bond donors (Lipinski definition) is 0. The van der Waals surface area contributed by atoms with Gasteiger partial charge in [0, 0.05) is 19.3 Å². The number of hydrogen-bond acceptors (Lipinski definition) is 4. The van der Waals surface area contributed by atoms with Crippen molar-refractivity contribution in [3.8, 4) is 12.1 Å². The quantitative estimate of drug-likeness (QED) is 0.371. The molecule has 168 valence electrons. The van der Waals surface area contributed by atoms with Crippen molar-refractivity contribution in [1.82, 2.24) is 4.90 Å². The van der Waals surface area contributed by atoms with Crippen LogP contribution in [-0.2, 0) is 0 Å². The standard InChI is InChI=1S/C28H36N4/c1-28(2)19-24(18-25(20-28)26(21-29)22-30)9-8-23-10-12-27(13-11-23)31(3)14-4-5-15-32-16-6-7-17-32/h8-13,18H,4-7,14-17,19-20H2,1-3H3/b9-8+. The van der Waals surface area contributed by atoms with Crippen LogP contribution in [0.25, 0.3) is 6.08 Å². The van der Waals surface area contributed by atoms with Gasteiger partial charge in [0.15, 0.2) is 0 Å². The third-order valence-corrected chi connectivity index (χ3v) is 6.50. The average molecular weight is 429 g/mol. The number of nitriles is 2. The van der Waals surface area contributed by atoms with Gasteiger partial charge in [0.05, 0.1) is 0 Å². The van der Waals surface area contributed by atoms with Gasteiger partial charge in [-0.15, -0.1) is 0 Å². The van der Waals surface area contributed by atoms with Crippen LogP contribution in [-0.4, -0.2) is 38.1 Å². The number of likely N-dealkylation sites (tertiary alicyclic amines) is 1. The zero-order valence-electron chi connectivity index (χ0n) is 19.9. The molecule has 4 heteroatoms. The van der Waals surface area contributed by atoms with Crippen molar-refractivity contribution in [3.63, 3.8) is 0 Å². The Morgan fingerprint density at radius 3 is 2.38 bits per heavy atom. The van der Waals surface area contributed by atoms with Crippen LogP contribution >= 0.6 is 0 Å². The molecule has 1 fully saturated rings. The van der Waals surface area contributed by atoms with E-state index in [-0.39, 0.29) is 11.0 Å². The third kappa shape index (κ3) is 6.84. The number of anilines is 1. The Morgan fingerprint density at radius 1 is 1.03 bits per heavy atom. The van der Waals surface area contributed by atoms with E-state index in [1.54, 1.807) is 0 Å². The second kappa shape index (κ2) is 11.2. The smallest absolute Gasteiger partial charge is 0.132 e. The van der Waals surface area contributed by atoms with Crippen molar-refractivity contribution in [1.29, 1.82) is 10.5 Å². The van der Waals surface area contributed by atoms with Crippen molar-refractivity contribution >= 4 is 11.8 Å². The van der Waals surface area contributed by atoms with Crippen LogP contribution in [0.5, 0.6) is 0 Å². The Balaban J connectivity index is 1.56. The normalized spacial score (nSPS) is 18.3. The molecule has 0 N–H and O–H groups in total. The molecule has 0 aromatic heterocycles. The molecule has 1 aliphatic heterocycles. The fourth-order valence-electron chi connectivity index (χ4n) is 4.76. The van der Waals surface area contributed by atoms with Crippen molar-refractivity contribution in [2.45, 2.75) is 52.4 Å². The monoisotopic (exact) mass is 428 g/mol. The zero-order chi connectivity index (χ0) is 23.0. The summed E-state index contributed by atoms with van der Waals surface area (Å²) >= 11 is 0. The first-order valence-electron chi connectivity index (χ1n) is 11.9. The Morgan fingerprint density at radius 2 is 1.72 bits per heavy atom. The molecule has 32 heavy (non-hydrogen) atoms. The summed E-state index contributed by atoms with van der Waals surface area (Å²) in [5, 5.41) is 18.5. The summed E-state index contributed by atoms with van der Waals surface area (Å²) in [7, 11) is 2.17. The first kappa shape index (κ1) is 23.8. The molecule has 0 saturated carbocycles. The second-order valence-corrected chi connectivity index (χ2v) is 9.96. The Kier molecular flexibility index (Phi) is 8.32. The van der Waals surface area contributed by atoms with Gasteiger partial charge in [-0.2, -0.15) is 10.5 Å². The molecule has 0 spiro atoms. The van der Waals surface area contributed by atoms with Gasteiger partial charge in [0.1, 0.15) is 17.7 Å². The van der Waals surface area contributed by atoms with E-state index in [0.29, 0.717) is 0 Å². The third-order valence-electron chi connectivity index (χ3n) is 6.50. The molecule has 1 aromatic rings. The van der Waals surface area contributed by atoms with Crippen molar-refractivity contribution in [2.75, 3.05) is 38.1 Å². The van der Waals surface area contributed by atoms with E-state index in [2.05, 4.69) is 67.1 Å². The van der Waals surface area contributed by atoms with Crippen LogP contribution in [0.15, 0.2) is 53.1 Å². The number of allylic oxidation sites excluding steroid dienone is 5. The van der Waals surface area contributed by atoms with Gasteiger partial charge in [0.25, 0.3) is 0 Å². The number of benzene rings is 1. The lowest BCUT2D eigenvalue weighted by molar-refractivity contribution is 0.331. The first-order chi connectivity index (χ1) is 15.4. The maximum atomic E-state index is 9.25. The number of nitrogens with zero attached hydrogens (tertiary/aromatic N) is 4. The minimum atomic E-state index is 0.0457. The molecule has 0 bridgehead atoms. The van der Waals surface area contributed by atoms with Gasteiger partial charge >= 0.3 is 0 Å². The van der Waals surface area contributed by atoms with Crippen molar-refractivity contribution in [3.05, 3.63) is 58.7 Å². The van der Waals surface area contributed by atoms with Crippen molar-refractivity contribution < 1.29 is 0 Å². The molecule has 4 nitrogen and oxygen atoms in total. The van der Waals surface area contributed by atoms with E-state index in [0.717, 1.165) is 30.5 Å².